The van der Waals surface area contributed by atoms with Gasteiger partial charge in [0.05, 0.1) is 17.7 Å². The van der Waals surface area contributed by atoms with Gasteiger partial charge in [0.2, 0.25) is 11.7 Å². The number of halogens is 1. The van der Waals surface area contributed by atoms with Crippen LogP contribution in [0.15, 0.2) is 53.3 Å². The van der Waals surface area contributed by atoms with E-state index < -0.39 is 5.82 Å². The molecule has 0 aliphatic carbocycles. The predicted octanol–water partition coefficient (Wildman–Crippen LogP) is 2.20. The van der Waals surface area contributed by atoms with Crippen LogP contribution in [-0.2, 0) is 6.54 Å². The molecule has 0 aliphatic rings. The minimum Gasteiger partial charge on any atom is -0.343 e. The van der Waals surface area contributed by atoms with Crippen LogP contribution in [0.3, 0.4) is 0 Å². The second kappa shape index (κ2) is 6.13. The molecule has 0 saturated heterocycles. The summed E-state index contributed by atoms with van der Waals surface area (Å²) in [6.45, 7) is 0.0508. The smallest absolute Gasteiger partial charge is 0.253 e. The number of rotatable bonds is 4. The Labute approximate surface area is 125 Å². The van der Waals surface area contributed by atoms with E-state index in [4.69, 9.17) is 4.52 Å². The zero-order valence-corrected chi connectivity index (χ0v) is 11.4. The van der Waals surface area contributed by atoms with Gasteiger partial charge >= 0.3 is 0 Å². The van der Waals surface area contributed by atoms with Gasteiger partial charge in [-0.25, -0.2) is 4.39 Å². The van der Waals surface area contributed by atoms with Crippen LogP contribution in [0.1, 0.15) is 16.2 Å². The highest BCUT2D eigenvalue weighted by atomic mass is 19.1. The third kappa shape index (κ3) is 2.98. The molecule has 110 valence electrons. The highest BCUT2D eigenvalue weighted by molar-refractivity contribution is 5.93. The lowest BCUT2D eigenvalue weighted by Crippen LogP contribution is -2.23. The Morgan fingerprint density at radius 1 is 1.23 bits per heavy atom. The average Bonchev–Trinajstić information content (AvgIpc) is 3.02. The minimum absolute atomic E-state index is 0.0508. The topological polar surface area (TPSA) is 80.9 Å². The number of pyridine rings is 1. The van der Waals surface area contributed by atoms with E-state index in [-0.39, 0.29) is 29.7 Å². The van der Waals surface area contributed by atoms with Crippen molar-refractivity contribution in [2.24, 2.45) is 0 Å². The minimum atomic E-state index is -0.436. The zero-order chi connectivity index (χ0) is 15.4. The van der Waals surface area contributed by atoms with Crippen molar-refractivity contribution in [2.45, 2.75) is 6.54 Å². The molecular formula is C15H11FN4O2. The number of hydrogen-bond donors (Lipinski definition) is 1. The summed E-state index contributed by atoms with van der Waals surface area (Å²) in [5, 5.41) is 6.33. The number of carbonyl (C=O) groups is 1. The normalized spacial score (nSPS) is 10.4. The molecule has 0 saturated carbocycles. The molecule has 2 heterocycles. The monoisotopic (exact) mass is 298 g/mol. The van der Waals surface area contributed by atoms with Gasteiger partial charge in [0, 0.05) is 12.4 Å². The molecule has 3 aromatic rings. The SMILES string of the molecule is O=C(NCc1nc(-c2ccccc2F)no1)c1cccnc1. The van der Waals surface area contributed by atoms with Gasteiger partial charge in [0.15, 0.2) is 0 Å². The van der Waals surface area contributed by atoms with Crippen LogP contribution in [0.25, 0.3) is 11.4 Å². The summed E-state index contributed by atoms with van der Waals surface area (Å²) in [4.78, 5) is 19.8. The number of aromatic nitrogens is 3. The maximum Gasteiger partial charge on any atom is 0.253 e. The van der Waals surface area contributed by atoms with Crippen molar-refractivity contribution >= 4 is 5.91 Å². The number of nitrogens with zero attached hydrogens (tertiary/aromatic N) is 3. The highest BCUT2D eigenvalue weighted by Gasteiger charge is 2.13. The van der Waals surface area contributed by atoms with Gasteiger partial charge in [-0.05, 0) is 24.3 Å². The van der Waals surface area contributed by atoms with Gasteiger partial charge in [-0.2, -0.15) is 4.98 Å². The Bertz CT molecular complexity index is 789. The summed E-state index contributed by atoms with van der Waals surface area (Å²) in [6, 6.07) is 9.43. The van der Waals surface area contributed by atoms with Gasteiger partial charge in [0.1, 0.15) is 5.82 Å². The molecule has 0 fully saturated rings. The highest BCUT2D eigenvalue weighted by Crippen LogP contribution is 2.19. The molecule has 0 bridgehead atoms. The molecule has 0 aliphatic heterocycles. The summed E-state index contributed by atoms with van der Waals surface area (Å²) in [7, 11) is 0. The van der Waals surface area contributed by atoms with Gasteiger partial charge < -0.3 is 9.84 Å². The number of nitrogens with one attached hydrogen (secondary N) is 1. The van der Waals surface area contributed by atoms with Crippen LogP contribution >= 0.6 is 0 Å². The maximum absolute atomic E-state index is 13.6. The third-order valence-electron chi connectivity index (χ3n) is 2.91. The van der Waals surface area contributed by atoms with E-state index >= 15 is 0 Å². The Balaban J connectivity index is 1.68. The van der Waals surface area contributed by atoms with Crippen LogP contribution in [-0.4, -0.2) is 21.0 Å². The second-order valence-electron chi connectivity index (χ2n) is 4.42. The number of hydrogen-bond acceptors (Lipinski definition) is 5. The molecule has 22 heavy (non-hydrogen) atoms. The first-order valence-electron chi connectivity index (χ1n) is 6.50. The molecule has 1 N–H and O–H groups in total. The second-order valence-corrected chi connectivity index (χ2v) is 4.42. The molecule has 3 rings (SSSR count). The molecular weight excluding hydrogens is 287 g/mol. The van der Waals surface area contributed by atoms with Crippen molar-refractivity contribution in [3.8, 4) is 11.4 Å². The predicted molar refractivity (Wildman–Crippen MR) is 75.1 cm³/mol. The molecule has 0 unspecified atom stereocenters. The Morgan fingerprint density at radius 3 is 2.86 bits per heavy atom. The third-order valence-corrected chi connectivity index (χ3v) is 2.91. The van der Waals surface area contributed by atoms with Crippen LogP contribution < -0.4 is 5.32 Å². The van der Waals surface area contributed by atoms with Crippen molar-refractivity contribution in [1.29, 1.82) is 0 Å². The summed E-state index contributed by atoms with van der Waals surface area (Å²) >= 11 is 0. The molecule has 0 spiro atoms. The lowest BCUT2D eigenvalue weighted by molar-refractivity contribution is 0.0946. The quantitative estimate of drug-likeness (QED) is 0.798. The van der Waals surface area contributed by atoms with Crippen molar-refractivity contribution in [3.63, 3.8) is 0 Å². The first-order valence-corrected chi connectivity index (χ1v) is 6.50. The van der Waals surface area contributed by atoms with E-state index in [0.29, 0.717) is 5.56 Å². The first-order chi connectivity index (χ1) is 10.7. The molecule has 1 aromatic carbocycles. The van der Waals surface area contributed by atoms with E-state index in [1.165, 1.54) is 12.3 Å². The van der Waals surface area contributed by atoms with Gasteiger partial charge in [0.25, 0.3) is 5.91 Å². The van der Waals surface area contributed by atoms with Gasteiger partial charge in [-0.15, -0.1) is 0 Å². The zero-order valence-electron chi connectivity index (χ0n) is 11.4. The fourth-order valence-corrected chi connectivity index (χ4v) is 1.83. The van der Waals surface area contributed by atoms with E-state index in [1.807, 2.05) is 0 Å². The summed E-state index contributed by atoms with van der Waals surface area (Å²) < 4.78 is 18.6. The standard InChI is InChI=1S/C15H11FN4O2/c16-12-6-2-1-5-11(12)14-19-13(22-20-14)9-18-15(21)10-4-3-7-17-8-10/h1-8H,9H2,(H,18,21). The van der Waals surface area contributed by atoms with Crippen molar-refractivity contribution < 1.29 is 13.7 Å². The van der Waals surface area contributed by atoms with Crippen molar-refractivity contribution in [3.05, 3.63) is 66.1 Å². The Morgan fingerprint density at radius 2 is 2.09 bits per heavy atom. The Kier molecular flexibility index (Phi) is 3.86. The summed E-state index contributed by atoms with van der Waals surface area (Å²) in [6.07, 6.45) is 3.03. The molecule has 0 radical (unpaired) electrons. The summed E-state index contributed by atoms with van der Waals surface area (Å²) in [5.41, 5.74) is 0.674. The van der Waals surface area contributed by atoms with Crippen LogP contribution in [0.4, 0.5) is 4.39 Å². The fraction of sp³-hybridized carbons (Fsp3) is 0.0667. The number of carbonyl (C=O) groups excluding carboxylic acids is 1. The largest absolute Gasteiger partial charge is 0.343 e. The van der Waals surface area contributed by atoms with Crippen molar-refractivity contribution in [1.82, 2.24) is 20.4 Å². The lowest BCUT2D eigenvalue weighted by Gasteiger charge is -2.00. The molecule has 6 nitrogen and oxygen atoms in total. The lowest BCUT2D eigenvalue weighted by atomic mass is 10.2. The van der Waals surface area contributed by atoms with Gasteiger partial charge in [-0.1, -0.05) is 17.3 Å². The van der Waals surface area contributed by atoms with Gasteiger partial charge in [-0.3, -0.25) is 9.78 Å². The number of benzene rings is 1. The molecule has 2 aromatic heterocycles. The van der Waals surface area contributed by atoms with Crippen molar-refractivity contribution in [2.75, 3.05) is 0 Å². The fourth-order valence-electron chi connectivity index (χ4n) is 1.83. The van der Waals surface area contributed by atoms with E-state index in [2.05, 4.69) is 20.4 Å². The molecule has 7 heteroatoms. The average molecular weight is 298 g/mol. The molecule has 1 amide bonds. The van der Waals surface area contributed by atoms with E-state index in [0.717, 1.165) is 0 Å². The summed E-state index contributed by atoms with van der Waals surface area (Å²) in [5.74, 6) is -0.410. The van der Waals surface area contributed by atoms with Crippen LogP contribution in [0.5, 0.6) is 0 Å². The van der Waals surface area contributed by atoms with Crippen LogP contribution in [0.2, 0.25) is 0 Å². The van der Waals surface area contributed by atoms with E-state index in [9.17, 15) is 9.18 Å². The van der Waals surface area contributed by atoms with Crippen LogP contribution in [0, 0.1) is 5.82 Å². The number of amides is 1. The van der Waals surface area contributed by atoms with E-state index in [1.54, 1.807) is 36.5 Å². The first kappa shape index (κ1) is 13.9. The Hall–Kier alpha value is -3.09. The molecule has 0 atom stereocenters. The maximum atomic E-state index is 13.6.